The Morgan fingerprint density at radius 3 is 2.33 bits per heavy atom. The Balaban J connectivity index is 3.17. The first-order chi connectivity index (χ1) is 6.70. The Labute approximate surface area is 93.9 Å². The highest BCUT2D eigenvalue weighted by atomic mass is 16.3. The fraction of sp³-hybridized carbons (Fsp3) is 0.714. The van der Waals surface area contributed by atoms with Crippen molar-refractivity contribution in [3.8, 4) is 0 Å². The van der Waals surface area contributed by atoms with Crippen molar-refractivity contribution in [2.75, 3.05) is 6.61 Å². The van der Waals surface area contributed by atoms with Crippen LogP contribution in [-0.4, -0.2) is 11.7 Å². The van der Waals surface area contributed by atoms with Gasteiger partial charge in [0.15, 0.2) is 0 Å². The van der Waals surface area contributed by atoms with Crippen LogP contribution in [0.25, 0.3) is 0 Å². The number of allylic oxidation sites excluding steroid dienone is 2. The van der Waals surface area contributed by atoms with Crippen LogP contribution >= 0.6 is 0 Å². The van der Waals surface area contributed by atoms with Crippen molar-refractivity contribution in [1.29, 1.82) is 0 Å². The molecule has 0 spiro atoms. The van der Waals surface area contributed by atoms with Crippen LogP contribution in [0.5, 0.6) is 0 Å². The normalized spacial score (nSPS) is 28.4. The molecule has 1 aliphatic carbocycles. The van der Waals surface area contributed by atoms with Crippen molar-refractivity contribution >= 4 is 0 Å². The zero-order valence-corrected chi connectivity index (χ0v) is 10.7. The van der Waals surface area contributed by atoms with Gasteiger partial charge in [-0.2, -0.15) is 0 Å². The van der Waals surface area contributed by atoms with E-state index in [-0.39, 0.29) is 17.4 Å². The quantitative estimate of drug-likeness (QED) is 0.688. The third-order valence-corrected chi connectivity index (χ3v) is 3.48. The van der Waals surface area contributed by atoms with E-state index >= 15 is 0 Å². The molecule has 0 fully saturated rings. The van der Waals surface area contributed by atoms with Gasteiger partial charge in [0.2, 0.25) is 0 Å². The van der Waals surface area contributed by atoms with E-state index in [2.05, 4.69) is 47.3 Å². The molecular weight excluding hydrogens is 184 g/mol. The first kappa shape index (κ1) is 12.5. The van der Waals surface area contributed by atoms with Crippen LogP contribution in [0, 0.1) is 16.7 Å². The van der Waals surface area contributed by atoms with Gasteiger partial charge in [-0.3, -0.25) is 0 Å². The zero-order valence-electron chi connectivity index (χ0n) is 10.7. The molecule has 0 aliphatic heterocycles. The Morgan fingerprint density at radius 2 is 2.00 bits per heavy atom. The molecule has 1 N–H and O–H groups in total. The Hall–Kier alpha value is -0.560. The molecule has 0 saturated carbocycles. The Bertz CT molecular complexity index is 294. The Kier molecular flexibility index (Phi) is 3.16. The zero-order chi connectivity index (χ0) is 11.9. The van der Waals surface area contributed by atoms with Crippen molar-refractivity contribution < 1.29 is 5.11 Å². The van der Waals surface area contributed by atoms with Gasteiger partial charge in [0.1, 0.15) is 0 Å². The van der Waals surface area contributed by atoms with Crippen LogP contribution in [-0.2, 0) is 0 Å². The predicted molar refractivity (Wildman–Crippen MR) is 65.7 cm³/mol. The van der Waals surface area contributed by atoms with Crippen LogP contribution < -0.4 is 0 Å². The monoisotopic (exact) mass is 208 g/mol. The van der Waals surface area contributed by atoms with E-state index in [1.54, 1.807) is 0 Å². The summed E-state index contributed by atoms with van der Waals surface area (Å²) in [7, 11) is 0. The smallest absolute Gasteiger partial charge is 0.0642 e. The van der Waals surface area contributed by atoms with E-state index in [0.717, 1.165) is 6.42 Å². The third-order valence-electron chi connectivity index (χ3n) is 3.48. The standard InChI is InChI=1S/C14H24O/c1-10(2)12-13(3,4)7-11(9-15)8-14(12,5)6/h7,12,15H,1,8-9H2,2-6H3. The third kappa shape index (κ3) is 2.34. The number of hydrogen-bond donors (Lipinski definition) is 1. The highest BCUT2D eigenvalue weighted by molar-refractivity contribution is 5.24. The van der Waals surface area contributed by atoms with Gasteiger partial charge < -0.3 is 5.11 Å². The molecular formula is C14H24O. The van der Waals surface area contributed by atoms with Crippen molar-refractivity contribution in [3.63, 3.8) is 0 Å². The number of aliphatic hydroxyl groups is 1. The van der Waals surface area contributed by atoms with Gasteiger partial charge >= 0.3 is 0 Å². The molecule has 1 atom stereocenters. The second kappa shape index (κ2) is 3.79. The molecule has 0 aromatic carbocycles. The molecule has 0 heterocycles. The summed E-state index contributed by atoms with van der Waals surface area (Å²) in [4.78, 5) is 0. The molecule has 1 nitrogen and oxygen atoms in total. The maximum atomic E-state index is 9.29. The lowest BCUT2D eigenvalue weighted by Gasteiger charge is -2.48. The maximum Gasteiger partial charge on any atom is 0.0642 e. The van der Waals surface area contributed by atoms with Gasteiger partial charge in [-0.25, -0.2) is 0 Å². The summed E-state index contributed by atoms with van der Waals surface area (Å²) < 4.78 is 0. The van der Waals surface area contributed by atoms with Gasteiger partial charge in [0.05, 0.1) is 6.61 Å². The van der Waals surface area contributed by atoms with Crippen molar-refractivity contribution in [2.24, 2.45) is 16.7 Å². The minimum Gasteiger partial charge on any atom is -0.392 e. The maximum absolute atomic E-state index is 9.29. The van der Waals surface area contributed by atoms with E-state index < -0.39 is 0 Å². The van der Waals surface area contributed by atoms with Crippen LogP contribution in [0.3, 0.4) is 0 Å². The van der Waals surface area contributed by atoms with Gasteiger partial charge in [-0.15, -0.1) is 0 Å². The highest BCUT2D eigenvalue weighted by Gasteiger charge is 2.43. The minimum absolute atomic E-state index is 0.103. The Morgan fingerprint density at radius 1 is 1.47 bits per heavy atom. The van der Waals surface area contributed by atoms with Gasteiger partial charge in [-0.05, 0) is 35.7 Å². The van der Waals surface area contributed by atoms with Gasteiger partial charge in [0.25, 0.3) is 0 Å². The summed E-state index contributed by atoms with van der Waals surface area (Å²) in [6.45, 7) is 15.5. The second-order valence-electron chi connectivity index (χ2n) is 6.23. The lowest BCUT2D eigenvalue weighted by atomic mass is 9.56. The molecule has 0 bridgehead atoms. The predicted octanol–water partition coefficient (Wildman–Crippen LogP) is 3.55. The summed E-state index contributed by atoms with van der Waals surface area (Å²) in [5, 5.41) is 9.29. The van der Waals surface area contributed by atoms with Crippen LogP contribution in [0.2, 0.25) is 0 Å². The largest absolute Gasteiger partial charge is 0.392 e. The van der Waals surface area contributed by atoms with E-state index in [1.165, 1.54) is 11.1 Å². The SMILES string of the molecule is C=C(C)C1C(C)(C)C=C(CO)CC1(C)C. The second-order valence-corrected chi connectivity index (χ2v) is 6.23. The molecule has 0 amide bonds. The lowest BCUT2D eigenvalue weighted by Crippen LogP contribution is -2.40. The fourth-order valence-electron chi connectivity index (χ4n) is 3.76. The van der Waals surface area contributed by atoms with Crippen LogP contribution in [0.4, 0.5) is 0 Å². The lowest BCUT2D eigenvalue weighted by molar-refractivity contribution is 0.117. The molecule has 0 saturated heterocycles. The highest BCUT2D eigenvalue weighted by Crippen LogP contribution is 2.52. The number of hydrogen-bond acceptors (Lipinski definition) is 1. The first-order valence-corrected chi connectivity index (χ1v) is 5.67. The van der Waals surface area contributed by atoms with Crippen molar-refractivity contribution in [1.82, 2.24) is 0 Å². The summed E-state index contributed by atoms with van der Waals surface area (Å²) in [5.74, 6) is 0.486. The summed E-state index contributed by atoms with van der Waals surface area (Å²) in [5.41, 5.74) is 2.72. The molecule has 15 heavy (non-hydrogen) atoms. The molecule has 0 radical (unpaired) electrons. The minimum atomic E-state index is 0.103. The molecule has 86 valence electrons. The summed E-state index contributed by atoms with van der Waals surface area (Å²) in [6.07, 6.45) is 3.21. The number of aliphatic hydroxyl groups excluding tert-OH is 1. The van der Waals surface area contributed by atoms with E-state index in [9.17, 15) is 5.11 Å². The first-order valence-electron chi connectivity index (χ1n) is 5.67. The molecule has 1 heteroatoms. The average molecular weight is 208 g/mol. The van der Waals surface area contributed by atoms with Crippen LogP contribution in [0.15, 0.2) is 23.8 Å². The van der Waals surface area contributed by atoms with Crippen molar-refractivity contribution in [3.05, 3.63) is 23.8 Å². The number of rotatable bonds is 2. The van der Waals surface area contributed by atoms with Gasteiger partial charge in [-0.1, -0.05) is 45.9 Å². The van der Waals surface area contributed by atoms with E-state index in [4.69, 9.17) is 0 Å². The summed E-state index contributed by atoms with van der Waals surface area (Å²) >= 11 is 0. The van der Waals surface area contributed by atoms with Gasteiger partial charge in [0, 0.05) is 0 Å². The topological polar surface area (TPSA) is 20.2 Å². The fourth-order valence-corrected chi connectivity index (χ4v) is 3.76. The molecule has 1 unspecified atom stereocenters. The molecule has 0 aromatic rings. The van der Waals surface area contributed by atoms with Crippen molar-refractivity contribution in [2.45, 2.75) is 41.0 Å². The average Bonchev–Trinajstić information content (AvgIpc) is 1.97. The van der Waals surface area contributed by atoms with E-state index in [0.29, 0.717) is 5.92 Å². The summed E-state index contributed by atoms with van der Waals surface area (Å²) in [6, 6.07) is 0. The van der Waals surface area contributed by atoms with Crippen LogP contribution in [0.1, 0.15) is 41.0 Å². The van der Waals surface area contributed by atoms with E-state index in [1.807, 2.05) is 0 Å². The molecule has 1 aliphatic rings. The molecule has 1 rings (SSSR count). The molecule has 0 aromatic heterocycles.